The average molecular weight is 394 g/mol. The normalized spacial score (nSPS) is 21.9. The van der Waals surface area contributed by atoms with Gasteiger partial charge in [0.25, 0.3) is 5.91 Å². The van der Waals surface area contributed by atoms with Crippen molar-refractivity contribution in [1.29, 1.82) is 0 Å². The Hall–Kier alpha value is -3.00. The van der Waals surface area contributed by atoms with Crippen molar-refractivity contribution in [2.45, 2.75) is 51.2 Å². The molecule has 2 heterocycles. The van der Waals surface area contributed by atoms with Gasteiger partial charge in [0, 0.05) is 13.0 Å². The second-order valence-corrected chi connectivity index (χ2v) is 7.72. The number of para-hydroxylation sites is 1. The molecule has 29 heavy (non-hydrogen) atoms. The topological polar surface area (TPSA) is 97.9 Å². The molecular weight excluding hydrogens is 368 g/mol. The Labute approximate surface area is 169 Å². The van der Waals surface area contributed by atoms with Crippen LogP contribution < -0.4 is 5.32 Å². The van der Waals surface area contributed by atoms with E-state index in [2.05, 4.69) is 20.5 Å². The van der Waals surface area contributed by atoms with Gasteiger partial charge < -0.3 is 10.4 Å². The Bertz CT molecular complexity index is 1010. The quantitative estimate of drug-likeness (QED) is 0.706. The number of aryl methyl sites for hydroxylation is 3. The highest BCUT2D eigenvalue weighted by Gasteiger charge is 2.34. The van der Waals surface area contributed by atoms with Crippen LogP contribution in [0.5, 0.6) is 0 Å². The minimum Gasteiger partial charge on any atom is -0.391 e. The number of carbonyl (C=O) groups is 1. The number of nitrogens with one attached hydrogen (secondary N) is 1. The van der Waals surface area contributed by atoms with Gasteiger partial charge in [-0.15, -0.1) is 0 Å². The van der Waals surface area contributed by atoms with Crippen LogP contribution >= 0.6 is 0 Å². The summed E-state index contributed by atoms with van der Waals surface area (Å²) in [6, 6.07) is 11.3. The molecule has 3 aromatic rings. The average Bonchev–Trinajstić information content (AvgIpc) is 3.26. The van der Waals surface area contributed by atoms with Gasteiger partial charge in [0.1, 0.15) is 17.3 Å². The van der Waals surface area contributed by atoms with Crippen molar-refractivity contribution in [3.05, 3.63) is 59.4 Å². The molecule has 0 unspecified atom stereocenters. The summed E-state index contributed by atoms with van der Waals surface area (Å²) in [5, 5.41) is 22.3. The predicted octanol–water partition coefficient (Wildman–Crippen LogP) is 2.04. The van der Waals surface area contributed by atoms with Crippen LogP contribution in [-0.4, -0.2) is 47.7 Å². The standard InChI is InChI=1S/C21H26N6O2/c1-13-11-18(26(3)24-13)21(29)23-17-12-15(9-10-19(17)28)20-22-14(2)25-27(20)16-7-5-4-6-8-16/h4-8,11,15,17,19,28H,9-10,12H2,1-3H3,(H,23,29)/t15-,17+,19+/m0/s1. The Balaban J connectivity index is 1.55. The Morgan fingerprint density at radius 2 is 1.93 bits per heavy atom. The highest BCUT2D eigenvalue weighted by atomic mass is 16.3. The molecule has 4 rings (SSSR count). The van der Waals surface area contributed by atoms with E-state index in [9.17, 15) is 9.90 Å². The molecule has 8 heteroatoms. The molecule has 0 bridgehead atoms. The third kappa shape index (κ3) is 3.93. The monoisotopic (exact) mass is 394 g/mol. The molecule has 2 aromatic heterocycles. The number of benzene rings is 1. The molecule has 0 spiro atoms. The lowest BCUT2D eigenvalue weighted by atomic mass is 9.83. The third-order valence-electron chi connectivity index (χ3n) is 5.47. The predicted molar refractivity (Wildman–Crippen MR) is 108 cm³/mol. The van der Waals surface area contributed by atoms with E-state index in [0.29, 0.717) is 24.4 Å². The van der Waals surface area contributed by atoms with Gasteiger partial charge in [0.05, 0.1) is 23.5 Å². The van der Waals surface area contributed by atoms with E-state index in [-0.39, 0.29) is 17.9 Å². The lowest BCUT2D eigenvalue weighted by Crippen LogP contribution is -2.47. The van der Waals surface area contributed by atoms with Crippen molar-refractivity contribution in [3.8, 4) is 5.69 Å². The molecule has 1 saturated carbocycles. The van der Waals surface area contributed by atoms with E-state index < -0.39 is 6.10 Å². The zero-order valence-electron chi connectivity index (χ0n) is 16.9. The van der Waals surface area contributed by atoms with Crippen molar-refractivity contribution in [2.75, 3.05) is 0 Å². The molecule has 0 radical (unpaired) electrons. The first-order valence-electron chi connectivity index (χ1n) is 9.91. The molecule has 1 fully saturated rings. The lowest BCUT2D eigenvalue weighted by Gasteiger charge is -2.33. The van der Waals surface area contributed by atoms with E-state index in [1.54, 1.807) is 17.8 Å². The summed E-state index contributed by atoms with van der Waals surface area (Å²) in [6.07, 6.45) is 1.41. The summed E-state index contributed by atoms with van der Waals surface area (Å²) in [5.41, 5.74) is 2.23. The smallest absolute Gasteiger partial charge is 0.269 e. The first-order valence-corrected chi connectivity index (χ1v) is 9.91. The molecular formula is C21H26N6O2. The van der Waals surface area contributed by atoms with Crippen LogP contribution in [0.2, 0.25) is 0 Å². The van der Waals surface area contributed by atoms with Crippen molar-refractivity contribution in [1.82, 2.24) is 29.9 Å². The number of aliphatic hydroxyl groups is 1. The van der Waals surface area contributed by atoms with Gasteiger partial charge >= 0.3 is 0 Å². The van der Waals surface area contributed by atoms with E-state index in [0.717, 1.165) is 23.6 Å². The number of nitrogens with zero attached hydrogens (tertiary/aromatic N) is 5. The zero-order chi connectivity index (χ0) is 20.5. The largest absolute Gasteiger partial charge is 0.391 e. The summed E-state index contributed by atoms with van der Waals surface area (Å²) < 4.78 is 3.44. The maximum Gasteiger partial charge on any atom is 0.269 e. The molecule has 1 aliphatic carbocycles. The van der Waals surface area contributed by atoms with Crippen LogP contribution in [0.1, 0.15) is 53.0 Å². The Morgan fingerprint density at radius 1 is 1.17 bits per heavy atom. The molecule has 8 nitrogen and oxygen atoms in total. The van der Waals surface area contributed by atoms with Gasteiger partial charge in [-0.25, -0.2) is 9.67 Å². The van der Waals surface area contributed by atoms with Gasteiger partial charge in [-0.2, -0.15) is 10.2 Å². The summed E-state index contributed by atoms with van der Waals surface area (Å²) in [6.45, 7) is 3.73. The summed E-state index contributed by atoms with van der Waals surface area (Å²) in [4.78, 5) is 17.4. The summed E-state index contributed by atoms with van der Waals surface area (Å²) in [5.74, 6) is 1.45. The molecule has 3 atom stereocenters. The number of rotatable bonds is 4. The van der Waals surface area contributed by atoms with Gasteiger partial charge in [-0.1, -0.05) is 18.2 Å². The van der Waals surface area contributed by atoms with E-state index >= 15 is 0 Å². The Morgan fingerprint density at radius 3 is 2.62 bits per heavy atom. The van der Waals surface area contributed by atoms with Crippen LogP contribution in [0.15, 0.2) is 36.4 Å². The van der Waals surface area contributed by atoms with Gasteiger partial charge in [0.15, 0.2) is 0 Å². The van der Waals surface area contributed by atoms with Crippen LogP contribution in [0.25, 0.3) is 5.69 Å². The number of carbonyl (C=O) groups excluding carboxylic acids is 1. The zero-order valence-corrected chi connectivity index (χ0v) is 16.9. The fourth-order valence-electron chi connectivity index (χ4n) is 4.06. The maximum absolute atomic E-state index is 12.7. The maximum atomic E-state index is 12.7. The molecule has 1 aromatic carbocycles. The van der Waals surface area contributed by atoms with Crippen LogP contribution in [-0.2, 0) is 7.05 Å². The van der Waals surface area contributed by atoms with Gasteiger partial charge in [0.2, 0.25) is 0 Å². The van der Waals surface area contributed by atoms with Crippen LogP contribution in [0, 0.1) is 13.8 Å². The van der Waals surface area contributed by atoms with E-state index in [4.69, 9.17) is 0 Å². The molecule has 0 saturated heterocycles. The SMILES string of the molecule is Cc1cc(C(=O)N[C@@H]2C[C@@H](c3nc(C)nn3-c3ccccc3)CC[C@H]2O)n(C)n1. The number of aliphatic hydroxyl groups excluding tert-OH is 1. The second-order valence-electron chi connectivity index (χ2n) is 7.72. The number of amides is 1. The molecule has 2 N–H and O–H groups in total. The number of aromatic nitrogens is 5. The number of hydrogen-bond acceptors (Lipinski definition) is 5. The van der Waals surface area contributed by atoms with Crippen molar-refractivity contribution in [3.63, 3.8) is 0 Å². The molecule has 0 aliphatic heterocycles. The van der Waals surface area contributed by atoms with Crippen molar-refractivity contribution >= 4 is 5.91 Å². The highest BCUT2D eigenvalue weighted by molar-refractivity contribution is 5.92. The minimum absolute atomic E-state index is 0.0957. The van der Waals surface area contributed by atoms with Gasteiger partial charge in [-0.05, 0) is 51.3 Å². The van der Waals surface area contributed by atoms with Crippen LogP contribution in [0.3, 0.4) is 0 Å². The van der Waals surface area contributed by atoms with Crippen molar-refractivity contribution in [2.24, 2.45) is 7.05 Å². The lowest BCUT2D eigenvalue weighted by molar-refractivity contribution is 0.0664. The minimum atomic E-state index is -0.585. The molecule has 1 amide bonds. The molecule has 152 valence electrons. The number of hydrogen-bond donors (Lipinski definition) is 2. The van der Waals surface area contributed by atoms with Crippen LogP contribution in [0.4, 0.5) is 0 Å². The summed E-state index contributed by atoms with van der Waals surface area (Å²) in [7, 11) is 1.74. The Kier molecular flexibility index (Phi) is 5.19. The van der Waals surface area contributed by atoms with Crippen molar-refractivity contribution < 1.29 is 9.90 Å². The third-order valence-corrected chi connectivity index (χ3v) is 5.47. The highest BCUT2D eigenvalue weighted by Crippen LogP contribution is 2.33. The fraction of sp³-hybridized carbons (Fsp3) is 0.429. The summed E-state index contributed by atoms with van der Waals surface area (Å²) >= 11 is 0. The van der Waals surface area contributed by atoms with E-state index in [1.165, 1.54) is 0 Å². The first kappa shape index (κ1) is 19.3. The van der Waals surface area contributed by atoms with E-state index in [1.807, 2.05) is 48.9 Å². The first-order chi connectivity index (χ1) is 13.9. The molecule has 1 aliphatic rings. The fourth-order valence-corrected chi connectivity index (χ4v) is 4.06. The second kappa shape index (κ2) is 7.79. The van der Waals surface area contributed by atoms with Gasteiger partial charge in [-0.3, -0.25) is 9.48 Å².